The second kappa shape index (κ2) is 6.15. The molecule has 1 aliphatic heterocycles. The molecule has 1 heterocycles. The van der Waals surface area contributed by atoms with E-state index in [1.54, 1.807) is 0 Å². The van der Waals surface area contributed by atoms with Crippen molar-refractivity contribution in [3.8, 4) is 5.75 Å². The quantitative estimate of drug-likeness (QED) is 0.704. The first kappa shape index (κ1) is 14.7. The molecule has 0 bridgehead atoms. The molecule has 0 saturated carbocycles. The van der Waals surface area contributed by atoms with Crippen LogP contribution in [0.25, 0.3) is 0 Å². The molecule has 3 heteroatoms. The van der Waals surface area contributed by atoms with Crippen LogP contribution in [0.15, 0.2) is 12.1 Å². The van der Waals surface area contributed by atoms with Gasteiger partial charge in [-0.25, -0.2) is 0 Å². The number of hydrogen-bond acceptors (Lipinski definition) is 2. The number of ether oxygens (including phenoxy) is 2. The van der Waals surface area contributed by atoms with E-state index in [4.69, 9.17) is 21.1 Å². The third-order valence-corrected chi connectivity index (χ3v) is 4.20. The van der Waals surface area contributed by atoms with Crippen LogP contribution in [-0.2, 0) is 4.74 Å². The molecule has 2 rings (SSSR count). The van der Waals surface area contributed by atoms with E-state index in [-0.39, 0.29) is 0 Å². The number of rotatable bonds is 6. The van der Waals surface area contributed by atoms with Crippen LogP contribution in [0.3, 0.4) is 0 Å². The van der Waals surface area contributed by atoms with E-state index >= 15 is 0 Å². The molecule has 0 spiro atoms. The SMILES string of the molecule is CCOc1cc(C)c(Cl)cc1C(C)CC1OC1CC. The van der Waals surface area contributed by atoms with Gasteiger partial charge >= 0.3 is 0 Å². The van der Waals surface area contributed by atoms with Gasteiger partial charge in [0.05, 0.1) is 18.8 Å². The first-order valence-electron chi connectivity index (χ1n) is 7.15. The van der Waals surface area contributed by atoms with Crippen molar-refractivity contribution in [2.75, 3.05) is 6.61 Å². The highest BCUT2D eigenvalue weighted by Gasteiger charge is 2.38. The summed E-state index contributed by atoms with van der Waals surface area (Å²) in [5.74, 6) is 1.37. The third kappa shape index (κ3) is 3.43. The van der Waals surface area contributed by atoms with Crippen molar-refractivity contribution in [1.82, 2.24) is 0 Å². The first-order chi connectivity index (χ1) is 9.06. The Kier molecular flexibility index (Phi) is 4.75. The average molecular weight is 283 g/mol. The van der Waals surface area contributed by atoms with Gasteiger partial charge in [-0.05, 0) is 55.9 Å². The van der Waals surface area contributed by atoms with Gasteiger partial charge in [0.1, 0.15) is 5.75 Å². The maximum atomic E-state index is 6.25. The van der Waals surface area contributed by atoms with Gasteiger partial charge in [-0.15, -0.1) is 0 Å². The highest BCUT2D eigenvalue weighted by atomic mass is 35.5. The maximum Gasteiger partial charge on any atom is 0.123 e. The van der Waals surface area contributed by atoms with E-state index < -0.39 is 0 Å². The van der Waals surface area contributed by atoms with Crippen LogP contribution in [-0.4, -0.2) is 18.8 Å². The molecule has 1 aromatic carbocycles. The Labute approximate surface area is 121 Å². The second-order valence-corrected chi connectivity index (χ2v) is 5.74. The Morgan fingerprint density at radius 2 is 2.05 bits per heavy atom. The van der Waals surface area contributed by atoms with Gasteiger partial charge in [-0.1, -0.05) is 25.4 Å². The van der Waals surface area contributed by atoms with Crippen molar-refractivity contribution in [1.29, 1.82) is 0 Å². The molecule has 1 fully saturated rings. The minimum absolute atomic E-state index is 0.404. The summed E-state index contributed by atoms with van der Waals surface area (Å²) in [6, 6.07) is 4.10. The van der Waals surface area contributed by atoms with E-state index in [9.17, 15) is 0 Å². The van der Waals surface area contributed by atoms with Gasteiger partial charge in [0.2, 0.25) is 0 Å². The summed E-state index contributed by atoms with van der Waals surface area (Å²) in [7, 11) is 0. The van der Waals surface area contributed by atoms with Crippen LogP contribution in [0.1, 0.15) is 50.7 Å². The van der Waals surface area contributed by atoms with Gasteiger partial charge in [0, 0.05) is 5.02 Å². The molecule has 3 unspecified atom stereocenters. The van der Waals surface area contributed by atoms with Crippen LogP contribution in [0, 0.1) is 6.92 Å². The van der Waals surface area contributed by atoms with Crippen molar-refractivity contribution >= 4 is 11.6 Å². The lowest BCUT2D eigenvalue weighted by Crippen LogP contribution is -2.05. The van der Waals surface area contributed by atoms with Gasteiger partial charge in [-0.2, -0.15) is 0 Å². The number of hydrogen-bond donors (Lipinski definition) is 0. The lowest BCUT2D eigenvalue weighted by atomic mass is 9.93. The molecule has 0 aromatic heterocycles. The molecule has 2 nitrogen and oxygen atoms in total. The van der Waals surface area contributed by atoms with Crippen molar-refractivity contribution in [3.05, 3.63) is 28.3 Å². The summed E-state index contributed by atoms with van der Waals surface area (Å²) in [5.41, 5.74) is 2.26. The fourth-order valence-electron chi connectivity index (χ4n) is 2.56. The standard InChI is InChI=1S/C16H23ClO2/c1-5-14-16(19-14)7-10(3)12-9-13(17)11(4)8-15(12)18-6-2/h8-10,14,16H,5-7H2,1-4H3. The van der Waals surface area contributed by atoms with E-state index in [0.29, 0.717) is 24.7 Å². The fourth-order valence-corrected chi connectivity index (χ4v) is 2.73. The van der Waals surface area contributed by atoms with Crippen LogP contribution in [0.5, 0.6) is 5.75 Å². The van der Waals surface area contributed by atoms with Crippen molar-refractivity contribution in [2.45, 2.75) is 58.7 Å². The van der Waals surface area contributed by atoms with E-state index in [2.05, 4.69) is 19.9 Å². The number of aryl methyl sites for hydroxylation is 1. The van der Waals surface area contributed by atoms with Crippen LogP contribution < -0.4 is 4.74 Å². The number of benzene rings is 1. The molecule has 106 valence electrons. The smallest absolute Gasteiger partial charge is 0.123 e. The molecule has 3 atom stereocenters. The van der Waals surface area contributed by atoms with Gasteiger partial charge in [-0.3, -0.25) is 0 Å². The van der Waals surface area contributed by atoms with E-state index in [1.807, 2.05) is 19.9 Å². The molecule has 1 aromatic rings. The molecule has 0 radical (unpaired) electrons. The summed E-state index contributed by atoms with van der Waals surface area (Å²) in [4.78, 5) is 0. The topological polar surface area (TPSA) is 21.8 Å². The molecular weight excluding hydrogens is 260 g/mol. The zero-order chi connectivity index (χ0) is 14.0. The van der Waals surface area contributed by atoms with Gasteiger partial charge in [0.15, 0.2) is 0 Å². The fraction of sp³-hybridized carbons (Fsp3) is 0.625. The summed E-state index contributed by atoms with van der Waals surface area (Å²) in [5, 5.41) is 0.814. The first-order valence-corrected chi connectivity index (χ1v) is 7.52. The van der Waals surface area contributed by atoms with Gasteiger partial charge in [0.25, 0.3) is 0 Å². The molecule has 0 amide bonds. The number of halogens is 1. The minimum Gasteiger partial charge on any atom is -0.494 e. The largest absolute Gasteiger partial charge is 0.494 e. The van der Waals surface area contributed by atoms with Crippen LogP contribution >= 0.6 is 11.6 Å². The summed E-state index contributed by atoms with van der Waals surface area (Å²) in [6.45, 7) is 9.09. The molecule has 1 aliphatic rings. The molecule has 1 saturated heterocycles. The molecule has 0 N–H and O–H groups in total. The van der Waals surface area contributed by atoms with E-state index in [0.717, 1.165) is 29.2 Å². The lowest BCUT2D eigenvalue weighted by molar-refractivity contribution is 0.328. The highest BCUT2D eigenvalue weighted by Crippen LogP contribution is 2.39. The van der Waals surface area contributed by atoms with Gasteiger partial charge < -0.3 is 9.47 Å². The van der Waals surface area contributed by atoms with Crippen LogP contribution in [0.2, 0.25) is 5.02 Å². The Balaban J connectivity index is 2.14. The van der Waals surface area contributed by atoms with Crippen molar-refractivity contribution in [2.24, 2.45) is 0 Å². The van der Waals surface area contributed by atoms with Crippen LogP contribution in [0.4, 0.5) is 0 Å². The predicted octanol–water partition coefficient (Wildman–Crippen LogP) is 4.72. The lowest BCUT2D eigenvalue weighted by Gasteiger charge is -2.17. The average Bonchev–Trinajstić information content (AvgIpc) is 3.12. The number of epoxide rings is 1. The Morgan fingerprint density at radius 3 is 2.63 bits per heavy atom. The maximum absolute atomic E-state index is 6.25. The van der Waals surface area contributed by atoms with Crippen molar-refractivity contribution in [3.63, 3.8) is 0 Å². The summed E-state index contributed by atoms with van der Waals surface area (Å²) in [6.07, 6.45) is 3.01. The Bertz CT molecular complexity index is 445. The monoisotopic (exact) mass is 282 g/mol. The molecule has 19 heavy (non-hydrogen) atoms. The Hall–Kier alpha value is -0.730. The van der Waals surface area contributed by atoms with Crippen molar-refractivity contribution < 1.29 is 9.47 Å². The molecule has 0 aliphatic carbocycles. The minimum atomic E-state index is 0.404. The zero-order valence-corrected chi connectivity index (χ0v) is 13.0. The molecular formula is C16H23ClO2. The second-order valence-electron chi connectivity index (χ2n) is 5.33. The van der Waals surface area contributed by atoms with E-state index in [1.165, 1.54) is 5.56 Å². The highest BCUT2D eigenvalue weighted by molar-refractivity contribution is 6.31. The summed E-state index contributed by atoms with van der Waals surface area (Å²) >= 11 is 6.25. The third-order valence-electron chi connectivity index (χ3n) is 3.80. The Morgan fingerprint density at radius 1 is 1.32 bits per heavy atom. The predicted molar refractivity (Wildman–Crippen MR) is 79.3 cm³/mol. The normalized spacial score (nSPS) is 23.2. The summed E-state index contributed by atoms with van der Waals surface area (Å²) < 4.78 is 11.4. The zero-order valence-electron chi connectivity index (χ0n) is 12.2.